The quantitative estimate of drug-likeness (QED) is 0.0526. The first kappa shape index (κ1) is 34.0. The normalized spacial score (nSPS) is 14.7. The fraction of sp³-hybridized carbons (Fsp3) is 0.519. The van der Waals surface area contributed by atoms with Crippen LogP contribution in [0.5, 0.6) is 0 Å². The monoisotopic (exact) mass is 589 g/mol. The number of nitrogens with zero attached hydrogens (tertiary/aromatic N) is 1. The van der Waals surface area contributed by atoms with Crippen LogP contribution in [0.4, 0.5) is 0 Å². The van der Waals surface area contributed by atoms with Crippen LogP contribution in [-0.4, -0.2) is 88.2 Å². The number of carbonyl (C=O) groups excluding carboxylic acids is 3. The molecule has 5 atom stereocenters. The Bertz CT molecular complexity index is 1230. The van der Waals surface area contributed by atoms with Gasteiger partial charge in [0.15, 0.2) is 5.96 Å². The van der Waals surface area contributed by atoms with Crippen LogP contribution in [0, 0.1) is 0 Å². The maximum atomic E-state index is 13.3. The molecule has 2 rings (SSSR count). The van der Waals surface area contributed by atoms with Crippen LogP contribution in [0.2, 0.25) is 0 Å². The first-order valence-electron chi connectivity index (χ1n) is 13.8. The number of carbonyl (C=O) groups is 4. The van der Waals surface area contributed by atoms with Gasteiger partial charge >= 0.3 is 5.97 Å². The van der Waals surface area contributed by atoms with Crippen LogP contribution in [0.25, 0.3) is 10.9 Å². The lowest BCUT2D eigenvalue weighted by Crippen LogP contribution is -2.59. The van der Waals surface area contributed by atoms with E-state index < -0.39 is 54.0 Å². The molecule has 0 spiro atoms. The number of aliphatic hydroxyl groups excluding tert-OH is 1. The van der Waals surface area contributed by atoms with Gasteiger partial charge < -0.3 is 54.1 Å². The molecule has 0 saturated carbocycles. The summed E-state index contributed by atoms with van der Waals surface area (Å²) in [5, 5.41) is 28.4. The predicted molar refractivity (Wildman–Crippen MR) is 158 cm³/mol. The van der Waals surface area contributed by atoms with Crippen molar-refractivity contribution >= 4 is 40.6 Å². The largest absolute Gasteiger partial charge is 0.480 e. The van der Waals surface area contributed by atoms with Crippen molar-refractivity contribution in [2.75, 3.05) is 13.1 Å². The molecule has 5 unspecified atom stereocenters. The van der Waals surface area contributed by atoms with Gasteiger partial charge in [0.1, 0.15) is 18.1 Å². The van der Waals surface area contributed by atoms with Crippen molar-refractivity contribution in [2.45, 2.75) is 75.7 Å². The molecule has 0 bridgehead atoms. The van der Waals surface area contributed by atoms with Crippen LogP contribution < -0.4 is 38.9 Å². The minimum Gasteiger partial charge on any atom is -0.480 e. The Kier molecular flexibility index (Phi) is 13.7. The molecule has 1 heterocycles. The van der Waals surface area contributed by atoms with Gasteiger partial charge in [-0.15, -0.1) is 0 Å². The summed E-state index contributed by atoms with van der Waals surface area (Å²) in [6.45, 7) is 1.90. The summed E-state index contributed by atoms with van der Waals surface area (Å²) in [4.78, 5) is 58.1. The van der Waals surface area contributed by atoms with Gasteiger partial charge in [0.25, 0.3) is 0 Å². The lowest BCUT2D eigenvalue weighted by molar-refractivity contribution is -0.142. The molecule has 0 radical (unpaired) electrons. The van der Waals surface area contributed by atoms with E-state index in [1.54, 1.807) is 6.20 Å². The minimum absolute atomic E-state index is 0.0197. The number of nitrogens with one attached hydrogen (secondary N) is 4. The highest BCUT2D eigenvalue weighted by Gasteiger charge is 2.32. The molecule has 0 aliphatic rings. The highest BCUT2D eigenvalue weighted by molar-refractivity contribution is 5.94. The number of aromatic nitrogens is 1. The number of aliphatic carboxylic acids is 1. The highest BCUT2D eigenvalue weighted by atomic mass is 16.4. The van der Waals surface area contributed by atoms with E-state index in [9.17, 15) is 29.4 Å². The van der Waals surface area contributed by atoms with Crippen molar-refractivity contribution in [3.63, 3.8) is 0 Å². The Morgan fingerprint density at radius 3 is 2.29 bits per heavy atom. The van der Waals surface area contributed by atoms with Crippen molar-refractivity contribution < 1.29 is 29.4 Å². The number of hydrogen-bond acceptors (Lipinski definition) is 8. The molecule has 0 aliphatic carbocycles. The Morgan fingerprint density at radius 1 is 0.952 bits per heavy atom. The predicted octanol–water partition coefficient (Wildman–Crippen LogP) is -1.86. The van der Waals surface area contributed by atoms with Crippen molar-refractivity contribution in [3.05, 3.63) is 36.0 Å². The molecule has 0 saturated heterocycles. The molecule has 232 valence electrons. The molecule has 3 amide bonds. The number of rotatable bonds is 18. The Hall–Kier alpha value is -4.21. The third-order valence-electron chi connectivity index (χ3n) is 6.66. The van der Waals surface area contributed by atoms with Gasteiger partial charge in [-0.1, -0.05) is 24.6 Å². The maximum Gasteiger partial charge on any atom is 0.326 e. The van der Waals surface area contributed by atoms with Crippen LogP contribution in [0.15, 0.2) is 35.5 Å². The molecule has 1 aromatic heterocycles. The molecule has 15 heteroatoms. The smallest absolute Gasteiger partial charge is 0.326 e. The summed E-state index contributed by atoms with van der Waals surface area (Å²) in [7, 11) is 0. The van der Waals surface area contributed by atoms with Crippen LogP contribution in [-0.2, 0) is 25.6 Å². The number of fused-ring (bicyclic) bond motifs is 1. The zero-order chi connectivity index (χ0) is 31.2. The van der Waals surface area contributed by atoms with Gasteiger partial charge in [0, 0.05) is 30.1 Å². The maximum absolute atomic E-state index is 13.3. The summed E-state index contributed by atoms with van der Waals surface area (Å²) >= 11 is 0. The lowest BCUT2D eigenvalue weighted by atomic mass is 10.0. The van der Waals surface area contributed by atoms with Crippen LogP contribution in [0.3, 0.4) is 0 Å². The number of aliphatic imine (C=N–C) groups is 1. The van der Waals surface area contributed by atoms with E-state index in [0.29, 0.717) is 31.4 Å². The summed E-state index contributed by atoms with van der Waals surface area (Å²) in [6.07, 6.45) is 2.24. The van der Waals surface area contributed by atoms with Crippen molar-refractivity contribution in [1.82, 2.24) is 20.9 Å². The molecule has 0 fully saturated rings. The van der Waals surface area contributed by atoms with Gasteiger partial charge in [0.2, 0.25) is 17.7 Å². The minimum atomic E-state index is -1.42. The average Bonchev–Trinajstić information content (AvgIpc) is 3.35. The molecule has 15 nitrogen and oxygen atoms in total. The van der Waals surface area contributed by atoms with E-state index in [1.807, 2.05) is 24.3 Å². The molecule has 1 aromatic carbocycles. The highest BCUT2D eigenvalue weighted by Crippen LogP contribution is 2.19. The summed E-state index contributed by atoms with van der Waals surface area (Å²) in [6, 6.07) is 2.45. The Balaban J connectivity index is 2.17. The number of H-pyrrole nitrogens is 1. The van der Waals surface area contributed by atoms with Gasteiger partial charge in [-0.2, -0.15) is 0 Å². The number of para-hydroxylation sites is 1. The van der Waals surface area contributed by atoms with Gasteiger partial charge in [-0.3, -0.25) is 19.4 Å². The zero-order valence-electron chi connectivity index (χ0n) is 23.7. The molecule has 2 aromatic rings. The second kappa shape index (κ2) is 16.9. The third kappa shape index (κ3) is 10.6. The number of hydrogen-bond donors (Lipinski definition) is 10. The zero-order valence-corrected chi connectivity index (χ0v) is 23.7. The van der Waals surface area contributed by atoms with E-state index in [4.69, 9.17) is 22.9 Å². The average molecular weight is 590 g/mol. The van der Waals surface area contributed by atoms with Crippen molar-refractivity contribution in [2.24, 2.45) is 27.9 Å². The number of nitrogens with two attached hydrogens (primary N) is 4. The lowest BCUT2D eigenvalue weighted by Gasteiger charge is -2.26. The first-order chi connectivity index (χ1) is 19.9. The van der Waals surface area contributed by atoms with Crippen LogP contribution >= 0.6 is 0 Å². The molecular weight excluding hydrogens is 546 g/mol. The number of amides is 3. The van der Waals surface area contributed by atoms with E-state index in [1.165, 1.54) is 6.92 Å². The molecule has 0 aliphatic heterocycles. The SMILES string of the molecule is CC(O)C(NC(=O)C(N)CCCCN)C(=O)NC(CCCN=C(N)N)C(=O)NC(Cc1c[nH]c2ccccc12)C(=O)O. The fourth-order valence-electron chi connectivity index (χ4n) is 4.33. The molecule has 14 N–H and O–H groups in total. The number of guanidine groups is 1. The summed E-state index contributed by atoms with van der Waals surface area (Å²) < 4.78 is 0. The standard InChI is InChI=1S/C27H43N9O6/c1-15(37)22(36-23(38)18(29)8-4-5-11-28)25(40)34-20(10-6-12-32-27(30)31)24(39)35-21(26(41)42)13-16-14-33-19-9-3-2-7-17(16)19/h2-3,7,9,14-15,18,20-22,33,37H,4-6,8,10-13,28-29H2,1H3,(H,34,40)(H,35,39)(H,36,38)(H,41,42)(H4,30,31,32). The van der Waals surface area contributed by atoms with Crippen molar-refractivity contribution in [1.29, 1.82) is 0 Å². The van der Waals surface area contributed by atoms with Crippen LogP contribution in [0.1, 0.15) is 44.6 Å². The van der Waals surface area contributed by atoms with Gasteiger partial charge in [0.05, 0.1) is 12.1 Å². The number of aromatic amines is 1. The van der Waals surface area contributed by atoms with E-state index in [0.717, 1.165) is 10.9 Å². The number of aliphatic hydroxyl groups is 1. The van der Waals surface area contributed by atoms with Crippen molar-refractivity contribution in [3.8, 4) is 0 Å². The molecule has 42 heavy (non-hydrogen) atoms. The number of carboxylic acid groups (broad SMARTS) is 1. The van der Waals surface area contributed by atoms with Gasteiger partial charge in [-0.25, -0.2) is 4.79 Å². The Morgan fingerprint density at radius 2 is 1.64 bits per heavy atom. The molecular formula is C27H43N9O6. The van der Waals surface area contributed by atoms with E-state index >= 15 is 0 Å². The van der Waals surface area contributed by atoms with Gasteiger partial charge in [-0.05, 0) is 50.8 Å². The number of unbranched alkanes of at least 4 members (excludes halogenated alkanes) is 1. The summed E-state index contributed by atoms with van der Waals surface area (Å²) in [5.74, 6) is -3.68. The topological polar surface area (TPSA) is 277 Å². The fourth-order valence-corrected chi connectivity index (χ4v) is 4.33. The second-order valence-electron chi connectivity index (χ2n) is 10.1. The van der Waals surface area contributed by atoms with E-state index in [-0.39, 0.29) is 31.8 Å². The number of carboxylic acids is 1. The number of benzene rings is 1. The summed E-state index contributed by atoms with van der Waals surface area (Å²) in [5.41, 5.74) is 23.6. The second-order valence-corrected chi connectivity index (χ2v) is 10.1. The Labute approximate surface area is 243 Å². The third-order valence-corrected chi connectivity index (χ3v) is 6.66. The first-order valence-corrected chi connectivity index (χ1v) is 13.8. The van der Waals surface area contributed by atoms with E-state index in [2.05, 4.69) is 25.9 Å².